The van der Waals surface area contributed by atoms with E-state index in [1.807, 2.05) is 0 Å². The number of anilines is 2. The van der Waals surface area contributed by atoms with E-state index in [2.05, 4.69) is 24.5 Å². The lowest BCUT2D eigenvalue weighted by molar-refractivity contribution is 0.307. The first-order chi connectivity index (χ1) is 7.69. The van der Waals surface area contributed by atoms with Crippen LogP contribution in [0.15, 0.2) is 18.2 Å². The number of hydrogen-bond acceptors (Lipinski definition) is 2. The Morgan fingerprint density at radius 1 is 1.12 bits per heavy atom. The average molecular weight is 222 g/mol. The third-order valence-electron chi connectivity index (χ3n) is 3.79. The Hall–Kier alpha value is -1.25. The van der Waals surface area contributed by atoms with Crippen molar-refractivity contribution in [3.8, 4) is 0 Å². The monoisotopic (exact) mass is 222 g/mol. The lowest BCUT2D eigenvalue weighted by atomic mass is 9.82. The van der Waals surface area contributed by atoms with Gasteiger partial charge < -0.3 is 10.6 Å². The molecule has 0 fully saturated rings. The van der Waals surface area contributed by atoms with E-state index in [0.717, 1.165) is 37.3 Å². The maximum absolute atomic E-state index is 13.1. The molecule has 0 atom stereocenters. The van der Waals surface area contributed by atoms with Crippen LogP contribution in [0.25, 0.3) is 0 Å². The van der Waals surface area contributed by atoms with Crippen molar-refractivity contribution < 1.29 is 4.39 Å². The molecule has 1 aromatic rings. The van der Waals surface area contributed by atoms with E-state index in [-0.39, 0.29) is 11.2 Å². The Bertz CT molecular complexity index is 372. The summed E-state index contributed by atoms with van der Waals surface area (Å²) in [5, 5.41) is 6.77. The van der Waals surface area contributed by atoms with Gasteiger partial charge in [0.05, 0.1) is 11.4 Å². The van der Waals surface area contributed by atoms with E-state index < -0.39 is 0 Å². The molecular formula is C13H19FN2. The van der Waals surface area contributed by atoms with Gasteiger partial charge in [-0.25, -0.2) is 4.39 Å². The maximum Gasteiger partial charge on any atom is 0.125 e. The maximum atomic E-state index is 13.1. The summed E-state index contributed by atoms with van der Waals surface area (Å²) in [5.41, 5.74) is 2.16. The number of benzene rings is 1. The van der Waals surface area contributed by atoms with Crippen LogP contribution in [0.1, 0.15) is 26.7 Å². The lowest BCUT2D eigenvalue weighted by Crippen LogP contribution is -2.33. The molecule has 1 heterocycles. The van der Waals surface area contributed by atoms with Crippen LogP contribution in [0.3, 0.4) is 0 Å². The van der Waals surface area contributed by atoms with Gasteiger partial charge in [-0.1, -0.05) is 13.8 Å². The molecule has 0 aromatic heterocycles. The number of rotatable bonds is 2. The summed E-state index contributed by atoms with van der Waals surface area (Å²) < 4.78 is 13.1. The van der Waals surface area contributed by atoms with Crippen LogP contribution in [0.2, 0.25) is 0 Å². The van der Waals surface area contributed by atoms with Crippen molar-refractivity contribution in [2.45, 2.75) is 26.7 Å². The largest absolute Gasteiger partial charge is 0.383 e. The van der Waals surface area contributed by atoms with Crippen LogP contribution in [-0.2, 0) is 0 Å². The van der Waals surface area contributed by atoms with E-state index in [1.165, 1.54) is 6.07 Å². The third-order valence-corrected chi connectivity index (χ3v) is 3.79. The molecule has 0 radical (unpaired) electrons. The normalized spacial score (nSPS) is 17.9. The topological polar surface area (TPSA) is 24.1 Å². The zero-order valence-electron chi connectivity index (χ0n) is 9.94. The predicted molar refractivity (Wildman–Crippen MR) is 66.4 cm³/mol. The summed E-state index contributed by atoms with van der Waals surface area (Å²) >= 11 is 0. The van der Waals surface area contributed by atoms with Crippen LogP contribution in [-0.4, -0.2) is 13.1 Å². The van der Waals surface area contributed by atoms with Crippen molar-refractivity contribution in [3.05, 3.63) is 24.0 Å². The van der Waals surface area contributed by atoms with E-state index in [4.69, 9.17) is 0 Å². The highest BCUT2D eigenvalue weighted by Gasteiger charge is 2.28. The van der Waals surface area contributed by atoms with Gasteiger partial charge in [-0.15, -0.1) is 0 Å². The lowest BCUT2D eigenvalue weighted by Gasteiger charge is -2.30. The Balaban J connectivity index is 2.24. The van der Waals surface area contributed by atoms with Crippen molar-refractivity contribution in [2.24, 2.45) is 5.41 Å². The smallest absolute Gasteiger partial charge is 0.125 e. The molecular weight excluding hydrogens is 203 g/mol. The Morgan fingerprint density at radius 3 is 2.38 bits per heavy atom. The number of halogens is 1. The molecule has 0 aliphatic carbocycles. The fourth-order valence-corrected chi connectivity index (χ4v) is 2.19. The Labute approximate surface area is 96.2 Å². The van der Waals surface area contributed by atoms with Gasteiger partial charge in [0.25, 0.3) is 0 Å². The fourth-order valence-electron chi connectivity index (χ4n) is 2.19. The van der Waals surface area contributed by atoms with Crippen molar-refractivity contribution in [3.63, 3.8) is 0 Å². The van der Waals surface area contributed by atoms with Gasteiger partial charge in [-0.2, -0.15) is 0 Å². The van der Waals surface area contributed by atoms with Crippen molar-refractivity contribution in [1.29, 1.82) is 0 Å². The van der Waals surface area contributed by atoms with Crippen LogP contribution >= 0.6 is 0 Å². The van der Waals surface area contributed by atoms with Crippen LogP contribution in [0, 0.1) is 11.2 Å². The molecule has 1 aromatic carbocycles. The highest BCUT2D eigenvalue weighted by atomic mass is 19.1. The van der Waals surface area contributed by atoms with Gasteiger partial charge in [-0.3, -0.25) is 0 Å². The van der Waals surface area contributed by atoms with Gasteiger partial charge in [0.1, 0.15) is 5.82 Å². The molecule has 0 saturated carbocycles. The standard InChI is InChI=1S/C13H19FN2/c1-3-13(4-2)8-15-11-6-5-10(14)7-12(11)16-9-13/h5-7,15-16H,3-4,8-9H2,1-2H3. The average Bonchev–Trinajstić information content (AvgIpc) is 2.49. The molecule has 1 aliphatic heterocycles. The molecule has 0 bridgehead atoms. The van der Waals surface area contributed by atoms with Crippen LogP contribution in [0.5, 0.6) is 0 Å². The minimum Gasteiger partial charge on any atom is -0.383 e. The second kappa shape index (κ2) is 4.32. The molecule has 88 valence electrons. The van der Waals surface area contributed by atoms with E-state index in [1.54, 1.807) is 12.1 Å². The molecule has 3 heteroatoms. The fraction of sp³-hybridized carbons (Fsp3) is 0.538. The zero-order chi connectivity index (χ0) is 11.6. The molecule has 1 aliphatic rings. The second-order valence-electron chi connectivity index (χ2n) is 4.60. The third kappa shape index (κ3) is 1.99. The van der Waals surface area contributed by atoms with Crippen LogP contribution in [0.4, 0.5) is 15.8 Å². The first-order valence-corrected chi connectivity index (χ1v) is 5.96. The van der Waals surface area contributed by atoms with Gasteiger partial charge in [0.2, 0.25) is 0 Å². The van der Waals surface area contributed by atoms with Crippen molar-refractivity contribution in [2.75, 3.05) is 23.7 Å². The van der Waals surface area contributed by atoms with Gasteiger partial charge in [-0.05, 0) is 31.0 Å². The van der Waals surface area contributed by atoms with Gasteiger partial charge >= 0.3 is 0 Å². The molecule has 0 unspecified atom stereocenters. The quantitative estimate of drug-likeness (QED) is 0.800. The molecule has 2 rings (SSSR count). The van der Waals surface area contributed by atoms with Crippen LogP contribution < -0.4 is 10.6 Å². The molecule has 0 saturated heterocycles. The first-order valence-electron chi connectivity index (χ1n) is 5.96. The first kappa shape index (κ1) is 11.2. The Morgan fingerprint density at radius 2 is 1.75 bits per heavy atom. The van der Waals surface area contributed by atoms with E-state index >= 15 is 0 Å². The summed E-state index contributed by atoms with van der Waals surface area (Å²) in [4.78, 5) is 0. The molecule has 0 amide bonds. The van der Waals surface area contributed by atoms with E-state index in [0.29, 0.717) is 0 Å². The highest BCUT2D eigenvalue weighted by Crippen LogP contribution is 2.33. The minimum atomic E-state index is -0.187. The second-order valence-corrected chi connectivity index (χ2v) is 4.60. The van der Waals surface area contributed by atoms with Gasteiger partial charge in [0.15, 0.2) is 0 Å². The summed E-state index contributed by atoms with van der Waals surface area (Å²) in [6.07, 6.45) is 2.25. The number of hydrogen-bond donors (Lipinski definition) is 2. The molecule has 2 N–H and O–H groups in total. The number of nitrogens with one attached hydrogen (secondary N) is 2. The summed E-state index contributed by atoms with van der Waals surface area (Å²) in [6, 6.07) is 4.86. The SMILES string of the molecule is CCC1(CC)CNc2ccc(F)cc2NC1. The minimum absolute atomic E-state index is 0.187. The summed E-state index contributed by atoms with van der Waals surface area (Å²) in [6.45, 7) is 6.28. The summed E-state index contributed by atoms with van der Waals surface area (Å²) in [5.74, 6) is -0.187. The molecule has 16 heavy (non-hydrogen) atoms. The van der Waals surface area contributed by atoms with Crippen molar-refractivity contribution >= 4 is 11.4 Å². The molecule has 2 nitrogen and oxygen atoms in total. The predicted octanol–water partition coefficient (Wildman–Crippen LogP) is 3.47. The highest BCUT2D eigenvalue weighted by molar-refractivity contribution is 5.69. The van der Waals surface area contributed by atoms with Crippen molar-refractivity contribution in [1.82, 2.24) is 0 Å². The molecule has 0 spiro atoms. The summed E-state index contributed by atoms with van der Waals surface area (Å²) in [7, 11) is 0. The van der Waals surface area contributed by atoms with Gasteiger partial charge in [0, 0.05) is 18.5 Å². The Kier molecular flexibility index (Phi) is 3.03. The zero-order valence-corrected chi connectivity index (χ0v) is 9.94. The van der Waals surface area contributed by atoms with E-state index in [9.17, 15) is 4.39 Å². The number of fused-ring (bicyclic) bond motifs is 1.